The van der Waals surface area contributed by atoms with Crippen molar-refractivity contribution in [2.24, 2.45) is 17.8 Å². The molecule has 1 aromatic carbocycles. The molecule has 0 saturated heterocycles. The summed E-state index contributed by atoms with van der Waals surface area (Å²) < 4.78 is 6.60. The molecule has 2 heterocycles. The number of rotatable bonds is 13. The summed E-state index contributed by atoms with van der Waals surface area (Å²) in [5.41, 5.74) is 4.45. The van der Waals surface area contributed by atoms with Crippen LogP contribution in [-0.2, 0) is 6.42 Å². The largest absolute Gasteiger partial charge is 0.507 e. The lowest BCUT2D eigenvalue weighted by atomic mass is 9.84. The van der Waals surface area contributed by atoms with E-state index in [9.17, 15) is 9.90 Å². The maximum absolute atomic E-state index is 10.4. The molecule has 3 rings (SSSR count). The lowest BCUT2D eigenvalue weighted by Gasteiger charge is -2.38. The van der Waals surface area contributed by atoms with E-state index in [0.29, 0.717) is 5.75 Å². The fourth-order valence-corrected chi connectivity index (χ4v) is 5.76. The van der Waals surface area contributed by atoms with Crippen LogP contribution in [0.15, 0.2) is 24.5 Å². The third-order valence-electron chi connectivity index (χ3n) is 8.78. The highest BCUT2D eigenvalue weighted by Gasteiger charge is 2.34. The van der Waals surface area contributed by atoms with Crippen molar-refractivity contribution in [1.82, 2.24) is 4.98 Å². The molecular formula is C35H55NO4. The number of fused-ring (bicyclic) bond motifs is 1. The van der Waals surface area contributed by atoms with Gasteiger partial charge in [0.15, 0.2) is 0 Å². The van der Waals surface area contributed by atoms with Gasteiger partial charge in [-0.25, -0.2) is 4.79 Å². The van der Waals surface area contributed by atoms with Crippen molar-refractivity contribution >= 4 is 5.97 Å². The predicted octanol–water partition coefficient (Wildman–Crippen LogP) is 9.62. The number of ether oxygens (including phenoxy) is 1. The first-order valence-corrected chi connectivity index (χ1v) is 15.5. The number of phenols is 1. The van der Waals surface area contributed by atoms with Gasteiger partial charge in [-0.1, -0.05) is 72.6 Å². The maximum Gasteiger partial charge on any atom is 0.337 e. The van der Waals surface area contributed by atoms with Gasteiger partial charge in [-0.3, -0.25) is 4.98 Å². The Kier molecular flexibility index (Phi) is 13.5. The van der Waals surface area contributed by atoms with E-state index >= 15 is 0 Å². The number of carboxylic acids is 1. The minimum absolute atomic E-state index is 0.0712. The minimum Gasteiger partial charge on any atom is -0.507 e. The number of hydrogen-bond donors (Lipinski definition) is 2. The van der Waals surface area contributed by atoms with Crippen molar-refractivity contribution in [1.29, 1.82) is 0 Å². The van der Waals surface area contributed by atoms with Crippen LogP contribution in [0.3, 0.4) is 0 Å². The van der Waals surface area contributed by atoms with Crippen molar-refractivity contribution in [2.75, 3.05) is 0 Å². The number of hydrogen-bond acceptors (Lipinski definition) is 4. The first-order chi connectivity index (χ1) is 18.8. The Bertz CT molecular complexity index is 1070. The van der Waals surface area contributed by atoms with Crippen molar-refractivity contribution < 1.29 is 19.7 Å². The lowest BCUT2D eigenvalue weighted by Crippen LogP contribution is -2.37. The number of aromatic nitrogens is 1. The molecule has 2 unspecified atom stereocenters. The summed E-state index contributed by atoms with van der Waals surface area (Å²) in [6, 6.07) is 3.08. The molecule has 0 spiro atoms. The van der Waals surface area contributed by atoms with Gasteiger partial charge in [-0.15, -0.1) is 0 Å². The number of phenolic OH excluding ortho intramolecular Hbond substituents is 1. The Morgan fingerprint density at radius 3 is 2.08 bits per heavy atom. The summed E-state index contributed by atoms with van der Waals surface area (Å²) in [6.07, 6.45) is 16.9. The highest BCUT2D eigenvalue weighted by Crippen LogP contribution is 2.44. The smallest absolute Gasteiger partial charge is 0.337 e. The molecule has 0 aliphatic carbocycles. The number of aromatic hydroxyl groups is 1. The van der Waals surface area contributed by atoms with E-state index in [-0.39, 0.29) is 11.2 Å². The zero-order valence-electron chi connectivity index (χ0n) is 26.5. The molecule has 5 heteroatoms. The quantitative estimate of drug-likeness (QED) is 0.258. The van der Waals surface area contributed by atoms with Crippen LogP contribution in [0.4, 0.5) is 0 Å². The predicted molar refractivity (Wildman–Crippen MR) is 166 cm³/mol. The van der Waals surface area contributed by atoms with Crippen LogP contribution in [0.5, 0.6) is 11.5 Å². The Morgan fingerprint density at radius 1 is 0.950 bits per heavy atom. The van der Waals surface area contributed by atoms with Gasteiger partial charge < -0.3 is 14.9 Å². The van der Waals surface area contributed by atoms with Crippen LogP contribution in [0.1, 0.15) is 131 Å². The third-order valence-corrected chi connectivity index (χ3v) is 8.78. The van der Waals surface area contributed by atoms with Crippen molar-refractivity contribution in [3.05, 3.63) is 52.3 Å². The second kappa shape index (κ2) is 16.0. The molecule has 1 aliphatic heterocycles. The van der Waals surface area contributed by atoms with E-state index in [1.165, 1.54) is 75.4 Å². The number of nitrogens with zero attached hydrogens (tertiary/aromatic N) is 1. The van der Waals surface area contributed by atoms with Gasteiger partial charge in [0, 0.05) is 18.0 Å². The van der Waals surface area contributed by atoms with E-state index in [0.717, 1.165) is 59.5 Å². The van der Waals surface area contributed by atoms with Crippen LogP contribution in [0.2, 0.25) is 0 Å². The van der Waals surface area contributed by atoms with Crippen LogP contribution in [0, 0.1) is 38.5 Å². The minimum atomic E-state index is -0.942. The lowest BCUT2D eigenvalue weighted by molar-refractivity contribution is 0.0511. The van der Waals surface area contributed by atoms with Gasteiger partial charge in [0.25, 0.3) is 0 Å². The summed E-state index contributed by atoms with van der Waals surface area (Å²) in [4.78, 5) is 13.8. The van der Waals surface area contributed by atoms with Crippen LogP contribution in [0.25, 0.3) is 0 Å². The van der Waals surface area contributed by atoms with E-state index in [2.05, 4.69) is 46.5 Å². The first kappa shape index (κ1) is 33.6. The Balaban J connectivity index is 0.000000526. The van der Waals surface area contributed by atoms with Gasteiger partial charge in [0.05, 0.1) is 5.56 Å². The number of aromatic carboxylic acids is 1. The van der Waals surface area contributed by atoms with Gasteiger partial charge in [0.1, 0.15) is 17.1 Å². The molecular weight excluding hydrogens is 498 g/mol. The van der Waals surface area contributed by atoms with Gasteiger partial charge in [0.2, 0.25) is 0 Å². The highest BCUT2D eigenvalue weighted by molar-refractivity contribution is 5.86. The molecule has 2 aromatic rings. The van der Waals surface area contributed by atoms with Crippen molar-refractivity contribution in [3.63, 3.8) is 0 Å². The highest BCUT2D eigenvalue weighted by atomic mass is 16.5. The molecule has 1 aromatic heterocycles. The molecule has 0 amide bonds. The Morgan fingerprint density at radius 2 is 1.55 bits per heavy atom. The fraction of sp³-hybridized carbons (Fsp3) is 0.657. The molecule has 5 nitrogen and oxygen atoms in total. The standard InChI is InChI=1S/C29H50O2.C6H5NO2/c1-20(2)12-9-13-21(3)14-10-15-22(4)16-11-18-29(8)19-17-26-25(7)27(30)23(5)24(6)28(26)31-29;8-6(9)5-2-1-3-7-4-5/h20-22,30H,9-19H2,1-8H3;1-4H,(H,8,9)/t21?,22?,29-;/m1./s1. The van der Waals surface area contributed by atoms with Gasteiger partial charge in [-0.2, -0.15) is 0 Å². The number of pyridine rings is 1. The molecule has 1 aliphatic rings. The summed E-state index contributed by atoms with van der Waals surface area (Å²) in [5.74, 6) is 3.09. The van der Waals surface area contributed by atoms with Crippen molar-refractivity contribution in [3.8, 4) is 11.5 Å². The Labute approximate surface area is 243 Å². The number of carboxylic acid groups (broad SMARTS) is 1. The topological polar surface area (TPSA) is 79.7 Å². The summed E-state index contributed by atoms with van der Waals surface area (Å²) >= 11 is 0. The van der Waals surface area contributed by atoms with E-state index in [1.54, 1.807) is 6.07 Å². The molecule has 40 heavy (non-hydrogen) atoms. The van der Waals surface area contributed by atoms with Crippen molar-refractivity contribution in [2.45, 2.75) is 132 Å². The molecule has 3 atom stereocenters. The second-order valence-corrected chi connectivity index (χ2v) is 13.0. The average Bonchev–Trinajstić information content (AvgIpc) is 2.91. The second-order valence-electron chi connectivity index (χ2n) is 13.0. The fourth-order valence-electron chi connectivity index (χ4n) is 5.76. The normalized spacial score (nSPS) is 17.8. The molecule has 0 fully saturated rings. The molecule has 0 radical (unpaired) electrons. The Hall–Kier alpha value is -2.56. The monoisotopic (exact) mass is 553 g/mol. The molecule has 0 saturated carbocycles. The van der Waals surface area contributed by atoms with Crippen LogP contribution < -0.4 is 4.74 Å². The zero-order chi connectivity index (χ0) is 29.9. The van der Waals surface area contributed by atoms with Crippen LogP contribution >= 0.6 is 0 Å². The van der Waals surface area contributed by atoms with E-state index in [1.807, 2.05) is 13.8 Å². The summed E-state index contributed by atoms with van der Waals surface area (Å²) in [5, 5.41) is 18.7. The maximum atomic E-state index is 10.4. The third kappa shape index (κ3) is 10.4. The summed E-state index contributed by atoms with van der Waals surface area (Å²) in [7, 11) is 0. The summed E-state index contributed by atoms with van der Waals surface area (Å²) in [6.45, 7) is 17.9. The zero-order valence-corrected chi connectivity index (χ0v) is 26.5. The van der Waals surface area contributed by atoms with Gasteiger partial charge >= 0.3 is 5.97 Å². The molecule has 2 N–H and O–H groups in total. The van der Waals surface area contributed by atoms with E-state index in [4.69, 9.17) is 9.84 Å². The number of benzene rings is 1. The molecule has 0 bridgehead atoms. The average molecular weight is 554 g/mol. The SMILES string of the molecule is Cc1c(C)c2c(c(C)c1O)CC[C@@](C)(CCCC(C)CCCC(C)CCCC(C)C)O2.O=C(O)c1cccnc1. The van der Waals surface area contributed by atoms with Crippen LogP contribution in [-0.4, -0.2) is 26.8 Å². The van der Waals surface area contributed by atoms with Gasteiger partial charge in [-0.05, 0) is 100.0 Å². The first-order valence-electron chi connectivity index (χ1n) is 15.5. The molecule has 224 valence electrons. The number of carbonyl (C=O) groups is 1. The van der Waals surface area contributed by atoms with E-state index < -0.39 is 5.97 Å².